The maximum Gasteiger partial charge on any atom is 0.283 e. The summed E-state index contributed by atoms with van der Waals surface area (Å²) in [6.45, 7) is 4.53. The molecule has 1 N–H and O–H groups in total. The Hall–Kier alpha value is -2.93. The van der Waals surface area contributed by atoms with E-state index in [0.29, 0.717) is 27.6 Å². The predicted octanol–water partition coefficient (Wildman–Crippen LogP) is 3.75. The molecule has 6 nitrogen and oxygen atoms in total. The Balaban J connectivity index is 1.72. The number of hydrogen-bond acceptors (Lipinski definition) is 6. The molecule has 0 aliphatic carbocycles. The molecule has 4 rings (SSSR count). The van der Waals surface area contributed by atoms with E-state index in [1.54, 1.807) is 0 Å². The second-order valence-corrected chi connectivity index (χ2v) is 6.58. The molecule has 0 radical (unpaired) electrons. The van der Waals surface area contributed by atoms with E-state index < -0.39 is 0 Å². The van der Waals surface area contributed by atoms with Crippen molar-refractivity contribution in [2.24, 2.45) is 0 Å². The summed E-state index contributed by atoms with van der Waals surface area (Å²) >= 11 is 1.34. The summed E-state index contributed by atoms with van der Waals surface area (Å²) < 4.78 is 6.78. The number of nitrogens with zero attached hydrogens (tertiary/aromatic N) is 3. The van der Waals surface area contributed by atoms with Crippen LogP contribution in [0.1, 0.15) is 12.5 Å². The van der Waals surface area contributed by atoms with Gasteiger partial charge in [-0.05, 0) is 50.2 Å². The molecule has 7 heteroatoms. The Kier molecular flexibility index (Phi) is 3.85. The molecule has 0 aliphatic heterocycles. The maximum absolute atomic E-state index is 12.6. The molecule has 0 atom stereocenters. The Bertz CT molecular complexity index is 1120. The number of fused-ring (bicyclic) bond motifs is 2. The third-order valence-electron chi connectivity index (χ3n) is 3.77. The summed E-state index contributed by atoms with van der Waals surface area (Å²) in [4.78, 5) is 17.7. The highest BCUT2D eigenvalue weighted by Crippen LogP contribution is 2.24. The highest BCUT2D eigenvalue weighted by Gasteiger charge is 2.11. The van der Waals surface area contributed by atoms with E-state index in [0.717, 1.165) is 17.0 Å². The van der Waals surface area contributed by atoms with Gasteiger partial charge in [0, 0.05) is 5.69 Å². The summed E-state index contributed by atoms with van der Waals surface area (Å²) in [6, 6.07) is 13.3. The fourth-order valence-electron chi connectivity index (χ4n) is 2.60. The molecule has 25 heavy (non-hydrogen) atoms. The van der Waals surface area contributed by atoms with Gasteiger partial charge in [-0.15, -0.1) is 5.10 Å². The number of ether oxygens (including phenoxy) is 1. The molecular formula is C18H16N4O2S. The van der Waals surface area contributed by atoms with Crippen molar-refractivity contribution in [1.29, 1.82) is 0 Å². The molecule has 2 heterocycles. The molecule has 2 aromatic carbocycles. The number of rotatable bonds is 4. The van der Waals surface area contributed by atoms with Gasteiger partial charge in [-0.1, -0.05) is 23.0 Å². The number of aryl methyl sites for hydroxylation is 1. The van der Waals surface area contributed by atoms with E-state index in [4.69, 9.17) is 4.74 Å². The molecule has 0 saturated heterocycles. The van der Waals surface area contributed by atoms with E-state index in [-0.39, 0.29) is 5.56 Å². The summed E-state index contributed by atoms with van der Waals surface area (Å²) in [5, 5.41) is 8.76. The SMILES string of the molecule is CCOc1ccc(Nc2nn3c(=O)c4cc(C)ccc4nc3s2)cc1. The lowest BCUT2D eigenvalue weighted by Gasteiger charge is -2.04. The third-order valence-corrected chi connectivity index (χ3v) is 4.59. The smallest absolute Gasteiger partial charge is 0.283 e. The average molecular weight is 352 g/mol. The van der Waals surface area contributed by atoms with E-state index >= 15 is 0 Å². The molecular weight excluding hydrogens is 336 g/mol. The first kappa shape index (κ1) is 15.6. The highest BCUT2D eigenvalue weighted by atomic mass is 32.1. The molecule has 0 spiro atoms. The minimum atomic E-state index is -0.153. The van der Waals surface area contributed by atoms with Gasteiger partial charge in [-0.3, -0.25) is 4.79 Å². The van der Waals surface area contributed by atoms with Crippen LogP contribution in [-0.4, -0.2) is 21.2 Å². The highest BCUT2D eigenvalue weighted by molar-refractivity contribution is 7.20. The first-order valence-electron chi connectivity index (χ1n) is 7.94. The van der Waals surface area contributed by atoms with E-state index in [1.165, 1.54) is 15.9 Å². The van der Waals surface area contributed by atoms with E-state index in [2.05, 4.69) is 15.4 Å². The van der Waals surface area contributed by atoms with Gasteiger partial charge in [0.1, 0.15) is 5.75 Å². The lowest BCUT2D eigenvalue weighted by atomic mass is 10.2. The standard InChI is InChI=1S/C18H16N4O2S/c1-3-24-13-7-5-12(6-8-13)19-17-21-22-16(23)14-10-11(2)4-9-15(14)20-18(22)25-17/h4-10H,3H2,1-2H3,(H,19,21). The van der Waals surface area contributed by atoms with Gasteiger partial charge in [0.25, 0.3) is 5.56 Å². The quantitative estimate of drug-likeness (QED) is 0.606. The van der Waals surface area contributed by atoms with Gasteiger partial charge in [-0.2, -0.15) is 4.52 Å². The van der Waals surface area contributed by atoms with Crippen LogP contribution in [-0.2, 0) is 0 Å². The first-order chi connectivity index (χ1) is 12.1. The molecule has 0 aliphatic rings. The zero-order valence-corrected chi connectivity index (χ0v) is 14.6. The van der Waals surface area contributed by atoms with Crippen LogP contribution in [0.4, 0.5) is 10.8 Å². The van der Waals surface area contributed by atoms with Gasteiger partial charge in [-0.25, -0.2) is 4.98 Å². The van der Waals surface area contributed by atoms with Gasteiger partial charge < -0.3 is 10.1 Å². The van der Waals surface area contributed by atoms with Crippen LogP contribution < -0.4 is 15.6 Å². The van der Waals surface area contributed by atoms with Gasteiger partial charge in [0.2, 0.25) is 10.1 Å². The molecule has 0 bridgehead atoms. The van der Waals surface area contributed by atoms with E-state index in [9.17, 15) is 4.79 Å². The van der Waals surface area contributed by atoms with Crippen LogP contribution in [0.3, 0.4) is 0 Å². The monoisotopic (exact) mass is 352 g/mol. The van der Waals surface area contributed by atoms with Crippen molar-refractivity contribution in [3.05, 3.63) is 58.4 Å². The molecule has 0 unspecified atom stereocenters. The molecule has 0 amide bonds. The number of benzene rings is 2. The largest absolute Gasteiger partial charge is 0.494 e. The van der Waals surface area contributed by atoms with Crippen LogP contribution in [0.15, 0.2) is 47.3 Å². The van der Waals surface area contributed by atoms with Crippen molar-refractivity contribution >= 4 is 38.0 Å². The zero-order valence-electron chi connectivity index (χ0n) is 13.8. The number of aromatic nitrogens is 3. The molecule has 4 aromatic rings. The van der Waals surface area contributed by atoms with Crippen molar-refractivity contribution in [2.75, 3.05) is 11.9 Å². The van der Waals surface area contributed by atoms with Gasteiger partial charge in [0.15, 0.2) is 0 Å². The van der Waals surface area contributed by atoms with E-state index in [1.807, 2.05) is 56.3 Å². The van der Waals surface area contributed by atoms with Crippen LogP contribution in [0.25, 0.3) is 15.9 Å². The second-order valence-electron chi connectivity index (χ2n) is 5.62. The lowest BCUT2D eigenvalue weighted by molar-refractivity contribution is 0.340. The van der Waals surface area contributed by atoms with Crippen molar-refractivity contribution < 1.29 is 4.74 Å². The maximum atomic E-state index is 12.6. The zero-order chi connectivity index (χ0) is 17.4. The first-order valence-corrected chi connectivity index (χ1v) is 8.76. The Morgan fingerprint density at radius 1 is 1.20 bits per heavy atom. The van der Waals surface area contributed by atoms with Crippen molar-refractivity contribution in [3.8, 4) is 5.75 Å². The summed E-state index contributed by atoms with van der Waals surface area (Å²) in [6.07, 6.45) is 0. The minimum absolute atomic E-state index is 0.153. The predicted molar refractivity (Wildman–Crippen MR) is 100 cm³/mol. The van der Waals surface area contributed by atoms with Crippen LogP contribution >= 0.6 is 11.3 Å². The van der Waals surface area contributed by atoms with Crippen LogP contribution in [0, 0.1) is 6.92 Å². The fourth-order valence-corrected chi connectivity index (χ4v) is 3.42. The minimum Gasteiger partial charge on any atom is -0.494 e. The number of nitrogens with one attached hydrogen (secondary N) is 1. The van der Waals surface area contributed by atoms with Crippen molar-refractivity contribution in [2.45, 2.75) is 13.8 Å². The number of hydrogen-bond donors (Lipinski definition) is 1. The summed E-state index contributed by atoms with van der Waals surface area (Å²) in [5.74, 6) is 0.817. The average Bonchev–Trinajstić information content (AvgIpc) is 3.00. The topological polar surface area (TPSA) is 68.5 Å². The van der Waals surface area contributed by atoms with Crippen LogP contribution in [0.2, 0.25) is 0 Å². The Labute approximate surface area is 147 Å². The Morgan fingerprint density at radius 3 is 2.76 bits per heavy atom. The van der Waals surface area contributed by atoms with Crippen molar-refractivity contribution in [3.63, 3.8) is 0 Å². The van der Waals surface area contributed by atoms with Crippen molar-refractivity contribution in [1.82, 2.24) is 14.6 Å². The van der Waals surface area contributed by atoms with Gasteiger partial charge >= 0.3 is 0 Å². The Morgan fingerprint density at radius 2 is 2.00 bits per heavy atom. The molecule has 2 aromatic heterocycles. The number of anilines is 2. The molecule has 0 fully saturated rings. The normalized spacial score (nSPS) is 11.1. The molecule has 126 valence electrons. The fraction of sp³-hybridized carbons (Fsp3) is 0.167. The molecule has 0 saturated carbocycles. The third kappa shape index (κ3) is 2.94. The lowest BCUT2D eigenvalue weighted by Crippen LogP contribution is -2.15. The summed E-state index contributed by atoms with van der Waals surface area (Å²) in [7, 11) is 0. The summed E-state index contributed by atoms with van der Waals surface area (Å²) in [5.41, 5.74) is 2.43. The second kappa shape index (κ2) is 6.18. The van der Waals surface area contributed by atoms with Gasteiger partial charge in [0.05, 0.1) is 17.5 Å². The van der Waals surface area contributed by atoms with Crippen LogP contribution in [0.5, 0.6) is 5.75 Å².